The Labute approximate surface area is 173 Å². The van der Waals surface area contributed by atoms with Crippen LogP contribution in [-0.2, 0) is 4.79 Å². The maximum absolute atomic E-state index is 12.6. The van der Waals surface area contributed by atoms with E-state index in [0.717, 1.165) is 36.7 Å². The van der Waals surface area contributed by atoms with Crippen molar-refractivity contribution >= 4 is 23.1 Å². The number of nitrogens with one attached hydrogen (secondary N) is 1. The molecule has 4 heterocycles. The Balaban J connectivity index is 1.54. The Morgan fingerprint density at radius 1 is 1.41 bits per heavy atom. The Bertz CT molecular complexity index is 971. The van der Waals surface area contributed by atoms with Crippen LogP contribution in [-0.4, -0.2) is 51.9 Å². The monoisotopic (exact) mass is 412 g/mol. The molecule has 3 aromatic rings. The summed E-state index contributed by atoms with van der Waals surface area (Å²) in [5, 5.41) is 5.56. The van der Waals surface area contributed by atoms with Crippen LogP contribution < -0.4 is 11.1 Å². The molecule has 29 heavy (non-hydrogen) atoms. The third-order valence-corrected chi connectivity index (χ3v) is 5.71. The zero-order valence-electron chi connectivity index (χ0n) is 16.3. The molecule has 0 bridgehead atoms. The predicted octanol–water partition coefficient (Wildman–Crippen LogP) is 2.78. The number of nitrogens with zero attached hydrogens (tertiary/aromatic N) is 4. The number of rotatable bonds is 6. The van der Waals surface area contributed by atoms with E-state index in [0.29, 0.717) is 42.1 Å². The van der Waals surface area contributed by atoms with E-state index in [4.69, 9.17) is 10.2 Å². The second-order valence-corrected chi connectivity index (χ2v) is 8.13. The van der Waals surface area contributed by atoms with Gasteiger partial charge in [0, 0.05) is 24.2 Å². The second kappa shape index (κ2) is 8.81. The van der Waals surface area contributed by atoms with Gasteiger partial charge < -0.3 is 15.5 Å². The first-order valence-electron chi connectivity index (χ1n) is 9.69. The zero-order valence-corrected chi connectivity index (χ0v) is 17.1. The molecule has 0 spiro atoms. The van der Waals surface area contributed by atoms with Crippen LogP contribution in [0, 0.1) is 12.8 Å². The summed E-state index contributed by atoms with van der Waals surface area (Å²) < 4.78 is 5.67. The number of nitrogens with two attached hydrogens (primary N) is 1. The van der Waals surface area contributed by atoms with Gasteiger partial charge in [-0.15, -0.1) is 11.3 Å². The van der Waals surface area contributed by atoms with Crippen LogP contribution in [0.1, 0.15) is 18.6 Å². The fourth-order valence-corrected chi connectivity index (χ4v) is 4.11. The average molecular weight is 413 g/mol. The van der Waals surface area contributed by atoms with Crippen LogP contribution in [0.5, 0.6) is 0 Å². The van der Waals surface area contributed by atoms with Gasteiger partial charge in [-0.25, -0.2) is 15.0 Å². The number of hydrogen-bond donors (Lipinski definition) is 2. The summed E-state index contributed by atoms with van der Waals surface area (Å²) >= 11 is 1.48. The molecule has 8 nitrogen and oxygen atoms in total. The molecule has 3 aromatic heterocycles. The molecule has 1 fully saturated rings. The molecule has 0 radical (unpaired) electrons. The molecule has 0 aromatic carbocycles. The Kier molecular flexibility index (Phi) is 5.98. The highest BCUT2D eigenvalue weighted by Gasteiger charge is 2.21. The minimum atomic E-state index is -0.104. The van der Waals surface area contributed by atoms with Gasteiger partial charge in [0.25, 0.3) is 0 Å². The van der Waals surface area contributed by atoms with Crippen LogP contribution in [0.3, 0.4) is 0 Å². The Hall–Kier alpha value is -2.62. The fraction of sp³-hybridized carbons (Fsp3) is 0.400. The molecule has 1 amide bonds. The minimum absolute atomic E-state index is 0.104. The van der Waals surface area contributed by atoms with Crippen molar-refractivity contribution in [1.29, 1.82) is 0 Å². The van der Waals surface area contributed by atoms with Gasteiger partial charge in [-0.3, -0.25) is 9.69 Å². The van der Waals surface area contributed by atoms with Crippen LogP contribution in [0.25, 0.3) is 22.3 Å². The number of anilines is 1. The van der Waals surface area contributed by atoms with E-state index in [1.165, 1.54) is 11.3 Å². The van der Waals surface area contributed by atoms with Crippen LogP contribution >= 0.6 is 11.3 Å². The topological polar surface area (TPSA) is 110 Å². The first kappa shape index (κ1) is 19.7. The lowest BCUT2D eigenvalue weighted by Gasteiger charge is -2.31. The maximum Gasteiger partial charge on any atom is 0.239 e. The lowest BCUT2D eigenvalue weighted by atomic mass is 9.98. The fourth-order valence-electron chi connectivity index (χ4n) is 3.51. The van der Waals surface area contributed by atoms with Gasteiger partial charge in [0.2, 0.25) is 5.91 Å². The number of furan rings is 1. The van der Waals surface area contributed by atoms with Gasteiger partial charge >= 0.3 is 0 Å². The first-order valence-corrected chi connectivity index (χ1v) is 10.6. The first-order chi connectivity index (χ1) is 14.1. The molecule has 3 N–H and O–H groups in total. The van der Waals surface area contributed by atoms with Crippen LogP contribution in [0.2, 0.25) is 0 Å². The van der Waals surface area contributed by atoms with Crippen molar-refractivity contribution in [3.05, 3.63) is 35.5 Å². The number of carbonyl (C=O) groups is 1. The summed E-state index contributed by atoms with van der Waals surface area (Å²) in [6.45, 7) is 4.61. The van der Waals surface area contributed by atoms with Gasteiger partial charge in [0.1, 0.15) is 22.3 Å². The molecule has 9 heteroatoms. The largest absolute Gasteiger partial charge is 0.458 e. The summed E-state index contributed by atoms with van der Waals surface area (Å²) in [7, 11) is 0. The predicted molar refractivity (Wildman–Crippen MR) is 112 cm³/mol. The van der Waals surface area contributed by atoms with Gasteiger partial charge in [-0.05, 0) is 50.9 Å². The third-order valence-electron chi connectivity index (χ3n) is 4.91. The molecule has 1 aliphatic heterocycles. The van der Waals surface area contributed by atoms with Crippen LogP contribution in [0.4, 0.5) is 5.82 Å². The minimum Gasteiger partial charge on any atom is -0.458 e. The number of aromatic nitrogens is 3. The van der Waals surface area contributed by atoms with Gasteiger partial charge in [-0.2, -0.15) is 0 Å². The number of thiazole rings is 1. The average Bonchev–Trinajstić information content (AvgIpc) is 3.40. The van der Waals surface area contributed by atoms with Crippen molar-refractivity contribution in [1.82, 2.24) is 19.9 Å². The highest BCUT2D eigenvalue weighted by molar-refractivity contribution is 7.13. The van der Waals surface area contributed by atoms with Gasteiger partial charge in [0.05, 0.1) is 6.54 Å². The van der Waals surface area contributed by atoms with Crippen molar-refractivity contribution < 1.29 is 9.21 Å². The Morgan fingerprint density at radius 3 is 3.03 bits per heavy atom. The van der Waals surface area contributed by atoms with E-state index in [2.05, 4.69) is 25.2 Å². The zero-order chi connectivity index (χ0) is 20.2. The van der Waals surface area contributed by atoms with E-state index < -0.39 is 0 Å². The normalized spacial score (nSPS) is 17.4. The van der Waals surface area contributed by atoms with Crippen molar-refractivity contribution in [3.63, 3.8) is 0 Å². The van der Waals surface area contributed by atoms with Gasteiger partial charge in [0.15, 0.2) is 11.6 Å². The van der Waals surface area contributed by atoms with E-state index in [1.807, 2.05) is 24.4 Å². The second-order valence-electron chi connectivity index (χ2n) is 7.24. The lowest BCUT2D eigenvalue weighted by molar-refractivity contribution is -0.117. The molecular weight excluding hydrogens is 388 g/mol. The van der Waals surface area contributed by atoms with E-state index in [1.54, 1.807) is 12.3 Å². The highest BCUT2D eigenvalue weighted by Crippen LogP contribution is 2.26. The van der Waals surface area contributed by atoms with Crippen LogP contribution in [0.15, 0.2) is 34.2 Å². The number of hydrogen-bond acceptors (Lipinski definition) is 8. The standard InChI is InChI=1S/C20H24N6O2S/c1-13-4-5-16(28-13)19-23-15(20-22-6-8-29-20)9-17(25-19)24-18(27)12-26-7-2-3-14(10-21)11-26/h4-6,8-9,14H,2-3,7,10-12,21H2,1H3,(H,23,24,25,27). The number of piperidine rings is 1. The Morgan fingerprint density at radius 2 is 2.31 bits per heavy atom. The molecular formula is C20H24N6O2S. The summed E-state index contributed by atoms with van der Waals surface area (Å²) in [6.07, 6.45) is 3.92. The number of likely N-dealkylation sites (tertiary alicyclic amines) is 1. The molecule has 0 aliphatic carbocycles. The third kappa shape index (κ3) is 4.87. The number of aryl methyl sites for hydroxylation is 1. The molecule has 152 valence electrons. The molecule has 1 unspecified atom stereocenters. The molecule has 1 saturated heterocycles. The number of carbonyl (C=O) groups excluding carboxylic acids is 1. The summed E-state index contributed by atoms with van der Waals surface area (Å²) in [4.78, 5) is 28.2. The van der Waals surface area contributed by atoms with E-state index in [-0.39, 0.29) is 5.91 Å². The smallest absolute Gasteiger partial charge is 0.239 e. The number of amides is 1. The van der Waals surface area contributed by atoms with Crippen molar-refractivity contribution in [2.75, 3.05) is 31.5 Å². The molecule has 1 aliphatic rings. The molecule has 4 rings (SSSR count). The van der Waals surface area contributed by atoms with E-state index in [9.17, 15) is 4.79 Å². The van der Waals surface area contributed by atoms with E-state index >= 15 is 0 Å². The molecule has 1 atom stereocenters. The lowest BCUT2D eigenvalue weighted by Crippen LogP contribution is -2.42. The summed E-state index contributed by atoms with van der Waals surface area (Å²) in [5.41, 5.74) is 6.45. The molecule has 0 saturated carbocycles. The highest BCUT2D eigenvalue weighted by atomic mass is 32.1. The summed E-state index contributed by atoms with van der Waals surface area (Å²) in [6, 6.07) is 5.43. The van der Waals surface area contributed by atoms with Crippen molar-refractivity contribution in [2.24, 2.45) is 11.7 Å². The SMILES string of the molecule is Cc1ccc(-c2nc(NC(=O)CN3CCCC(CN)C3)cc(-c3nccs3)n2)o1. The maximum atomic E-state index is 12.6. The quantitative estimate of drug-likeness (QED) is 0.640. The van der Waals surface area contributed by atoms with Gasteiger partial charge in [-0.1, -0.05) is 0 Å². The van der Waals surface area contributed by atoms with Crippen molar-refractivity contribution in [2.45, 2.75) is 19.8 Å². The summed E-state index contributed by atoms with van der Waals surface area (Å²) in [5.74, 6) is 2.54. The van der Waals surface area contributed by atoms with Crippen molar-refractivity contribution in [3.8, 4) is 22.3 Å².